The monoisotopic (exact) mass is 276 g/mol. The third-order valence-electron chi connectivity index (χ3n) is 3.18. The molecular formula is C17H16N4. The molecule has 0 aliphatic carbocycles. The molecule has 3 rings (SSSR count). The zero-order valence-electron chi connectivity index (χ0n) is 11.9. The first kappa shape index (κ1) is 13.3. The molecule has 0 bridgehead atoms. The smallest absolute Gasteiger partial charge is 0.137 e. The molecular weight excluding hydrogens is 260 g/mol. The van der Waals surface area contributed by atoms with Gasteiger partial charge in [-0.05, 0) is 36.7 Å². The Bertz CT molecular complexity index is 791. The van der Waals surface area contributed by atoms with E-state index in [4.69, 9.17) is 0 Å². The highest BCUT2D eigenvalue weighted by Crippen LogP contribution is 2.21. The van der Waals surface area contributed by atoms with E-state index in [1.807, 2.05) is 36.8 Å². The molecule has 0 aliphatic heterocycles. The highest BCUT2D eigenvalue weighted by molar-refractivity contribution is 5.81. The normalized spacial score (nSPS) is 10.3. The summed E-state index contributed by atoms with van der Waals surface area (Å²) in [7, 11) is 0. The van der Waals surface area contributed by atoms with Gasteiger partial charge >= 0.3 is 0 Å². The van der Waals surface area contributed by atoms with E-state index in [9.17, 15) is 0 Å². The molecule has 0 saturated heterocycles. The lowest BCUT2D eigenvalue weighted by molar-refractivity contribution is 0.811. The van der Waals surface area contributed by atoms with Crippen LogP contribution in [0.25, 0.3) is 22.2 Å². The van der Waals surface area contributed by atoms with Gasteiger partial charge in [0.15, 0.2) is 0 Å². The zero-order valence-corrected chi connectivity index (χ0v) is 11.9. The molecule has 0 aromatic carbocycles. The van der Waals surface area contributed by atoms with E-state index < -0.39 is 0 Å². The van der Waals surface area contributed by atoms with E-state index in [1.165, 1.54) is 0 Å². The van der Waals surface area contributed by atoms with Gasteiger partial charge in [-0.1, -0.05) is 12.8 Å². The lowest BCUT2D eigenvalue weighted by atomic mass is 10.1. The number of nitrogens with zero attached hydrogens (tertiary/aromatic N) is 2. The number of hydrogen-bond acceptors (Lipinski definition) is 3. The fourth-order valence-corrected chi connectivity index (χ4v) is 2.06. The van der Waals surface area contributed by atoms with Crippen LogP contribution in [-0.4, -0.2) is 28.0 Å². The van der Waals surface area contributed by atoms with Crippen molar-refractivity contribution >= 4 is 11.0 Å². The van der Waals surface area contributed by atoms with Crippen molar-refractivity contribution in [3.8, 4) is 23.0 Å². The predicted molar refractivity (Wildman–Crippen MR) is 84.7 cm³/mol. The number of pyridine rings is 2. The Morgan fingerprint density at radius 3 is 2.86 bits per heavy atom. The van der Waals surface area contributed by atoms with Crippen LogP contribution in [0.5, 0.6) is 0 Å². The van der Waals surface area contributed by atoms with Crippen molar-refractivity contribution in [2.24, 2.45) is 0 Å². The minimum atomic E-state index is 0.689. The summed E-state index contributed by atoms with van der Waals surface area (Å²) in [6.45, 7) is 3.67. The summed E-state index contributed by atoms with van der Waals surface area (Å²) in [5, 5.41) is 4.26. The van der Waals surface area contributed by atoms with Crippen molar-refractivity contribution in [1.82, 2.24) is 20.3 Å². The molecule has 3 aromatic heterocycles. The Hall–Kier alpha value is -2.64. The predicted octanol–water partition coefficient (Wildman–Crippen LogP) is 2.59. The van der Waals surface area contributed by atoms with Crippen LogP contribution in [0.1, 0.15) is 12.6 Å². The number of H-pyrrole nitrogens is 1. The van der Waals surface area contributed by atoms with Crippen molar-refractivity contribution < 1.29 is 0 Å². The van der Waals surface area contributed by atoms with Crippen molar-refractivity contribution in [3.05, 3.63) is 48.5 Å². The lowest BCUT2D eigenvalue weighted by Crippen LogP contribution is -2.11. The summed E-state index contributed by atoms with van der Waals surface area (Å²) < 4.78 is 0. The summed E-state index contributed by atoms with van der Waals surface area (Å²) in [6.07, 6.45) is 5.59. The topological polar surface area (TPSA) is 53.6 Å². The van der Waals surface area contributed by atoms with Crippen LogP contribution in [0, 0.1) is 11.8 Å². The summed E-state index contributed by atoms with van der Waals surface area (Å²) in [4.78, 5) is 11.9. The van der Waals surface area contributed by atoms with Gasteiger partial charge < -0.3 is 10.3 Å². The molecule has 4 nitrogen and oxygen atoms in total. The average molecular weight is 276 g/mol. The Morgan fingerprint density at radius 1 is 1.14 bits per heavy atom. The first-order valence-electron chi connectivity index (χ1n) is 6.96. The minimum Gasteiger partial charge on any atom is -0.346 e. The summed E-state index contributed by atoms with van der Waals surface area (Å²) in [5.41, 5.74) is 3.79. The Kier molecular flexibility index (Phi) is 3.95. The van der Waals surface area contributed by atoms with Gasteiger partial charge in [-0.25, -0.2) is 9.97 Å². The fraction of sp³-hybridized carbons (Fsp3) is 0.176. The van der Waals surface area contributed by atoms with Crippen LogP contribution in [-0.2, 0) is 0 Å². The maximum atomic E-state index is 4.39. The molecule has 0 saturated carbocycles. The van der Waals surface area contributed by atoms with Crippen LogP contribution in [0.2, 0.25) is 0 Å². The number of nitrogens with one attached hydrogen (secondary N) is 2. The summed E-state index contributed by atoms with van der Waals surface area (Å²) >= 11 is 0. The minimum absolute atomic E-state index is 0.689. The van der Waals surface area contributed by atoms with Gasteiger partial charge in [-0.3, -0.25) is 0 Å². The second-order valence-corrected chi connectivity index (χ2v) is 4.65. The molecule has 0 unspecified atom stereocenters. The highest BCUT2D eigenvalue weighted by atomic mass is 14.8. The van der Waals surface area contributed by atoms with Gasteiger partial charge in [0.25, 0.3) is 0 Å². The van der Waals surface area contributed by atoms with Crippen LogP contribution < -0.4 is 5.32 Å². The van der Waals surface area contributed by atoms with Gasteiger partial charge in [0.2, 0.25) is 0 Å². The number of rotatable bonds is 3. The fourth-order valence-electron chi connectivity index (χ4n) is 2.06. The largest absolute Gasteiger partial charge is 0.346 e. The average Bonchev–Trinajstić information content (AvgIpc) is 3.00. The molecule has 3 heterocycles. The van der Waals surface area contributed by atoms with Gasteiger partial charge in [0.1, 0.15) is 11.3 Å². The molecule has 0 radical (unpaired) electrons. The molecule has 4 heteroatoms. The molecule has 0 aliphatic rings. The Balaban J connectivity index is 1.80. The number of hydrogen-bond donors (Lipinski definition) is 2. The van der Waals surface area contributed by atoms with E-state index in [0.717, 1.165) is 34.4 Å². The van der Waals surface area contributed by atoms with Gasteiger partial charge in [0.05, 0.1) is 6.54 Å². The van der Waals surface area contributed by atoms with Crippen molar-refractivity contribution in [3.63, 3.8) is 0 Å². The summed E-state index contributed by atoms with van der Waals surface area (Å²) in [6, 6.07) is 8.08. The molecule has 0 atom stereocenters. The van der Waals surface area contributed by atoms with E-state index >= 15 is 0 Å². The second kappa shape index (κ2) is 6.21. The summed E-state index contributed by atoms with van der Waals surface area (Å²) in [5.74, 6) is 6.08. The van der Waals surface area contributed by atoms with E-state index in [-0.39, 0.29) is 0 Å². The van der Waals surface area contributed by atoms with Crippen molar-refractivity contribution in [1.29, 1.82) is 0 Å². The third-order valence-corrected chi connectivity index (χ3v) is 3.18. The maximum absolute atomic E-state index is 4.39. The molecule has 104 valence electrons. The molecule has 3 aromatic rings. The van der Waals surface area contributed by atoms with Gasteiger partial charge in [-0.2, -0.15) is 0 Å². The molecule has 0 amide bonds. The van der Waals surface area contributed by atoms with E-state index in [2.05, 4.69) is 45.1 Å². The van der Waals surface area contributed by atoms with Crippen LogP contribution in [0.3, 0.4) is 0 Å². The molecule has 21 heavy (non-hydrogen) atoms. The maximum Gasteiger partial charge on any atom is 0.137 e. The van der Waals surface area contributed by atoms with E-state index in [0.29, 0.717) is 6.54 Å². The van der Waals surface area contributed by atoms with Crippen LogP contribution >= 0.6 is 0 Å². The second-order valence-electron chi connectivity index (χ2n) is 4.65. The highest BCUT2D eigenvalue weighted by Gasteiger charge is 2.02. The third kappa shape index (κ3) is 3.10. The van der Waals surface area contributed by atoms with Crippen molar-refractivity contribution in [2.75, 3.05) is 13.1 Å². The Morgan fingerprint density at radius 2 is 2.05 bits per heavy atom. The molecule has 2 N–H and O–H groups in total. The first-order chi connectivity index (χ1) is 10.4. The van der Waals surface area contributed by atoms with Crippen molar-refractivity contribution in [2.45, 2.75) is 6.92 Å². The SMILES string of the molecule is CCNCC#Cc1ccc(-c2cnc3[nH]ccc3c2)cn1. The quantitative estimate of drug-likeness (QED) is 0.571. The van der Waals surface area contributed by atoms with Gasteiger partial charge in [0, 0.05) is 35.1 Å². The number of fused-ring (bicyclic) bond motifs is 1. The first-order valence-corrected chi connectivity index (χ1v) is 6.96. The molecule has 0 spiro atoms. The Labute approximate surface area is 123 Å². The van der Waals surface area contributed by atoms with E-state index in [1.54, 1.807) is 0 Å². The lowest BCUT2D eigenvalue weighted by Gasteiger charge is -2.01. The number of aromatic amines is 1. The number of aromatic nitrogens is 3. The zero-order chi connectivity index (χ0) is 14.5. The van der Waals surface area contributed by atoms with Crippen LogP contribution in [0.4, 0.5) is 0 Å². The standard InChI is InChI=1S/C17H16N4/c1-2-18-8-3-4-16-6-5-14(11-20-16)15-10-13-7-9-19-17(13)21-12-15/h5-7,9-12,18H,2,8H2,1H3,(H,19,21). The van der Waals surface area contributed by atoms with Gasteiger partial charge in [-0.15, -0.1) is 0 Å². The molecule has 0 fully saturated rings. The van der Waals surface area contributed by atoms with Crippen LogP contribution in [0.15, 0.2) is 42.9 Å².